The van der Waals surface area contributed by atoms with Crippen LogP contribution in [0.5, 0.6) is 0 Å². The molecule has 0 aliphatic carbocycles. The molecule has 2 aliphatic heterocycles. The first-order chi connectivity index (χ1) is 12.4. The van der Waals surface area contributed by atoms with Crippen LogP contribution in [-0.4, -0.2) is 43.0 Å². The lowest BCUT2D eigenvalue weighted by Crippen LogP contribution is -2.51. The van der Waals surface area contributed by atoms with E-state index in [0.717, 1.165) is 45.6 Å². The first-order valence-electron chi connectivity index (χ1n) is 10.2. The molecular formula is C22H37Cl2N3O. The Morgan fingerprint density at radius 3 is 2.61 bits per heavy atom. The van der Waals surface area contributed by atoms with Crippen LogP contribution in [0.2, 0.25) is 0 Å². The molecule has 0 spiro atoms. The lowest BCUT2D eigenvalue weighted by molar-refractivity contribution is -0.123. The van der Waals surface area contributed by atoms with Crippen molar-refractivity contribution in [2.45, 2.75) is 59.0 Å². The summed E-state index contributed by atoms with van der Waals surface area (Å²) in [5.74, 6) is 0.890. The number of fused-ring (bicyclic) bond motifs is 1. The van der Waals surface area contributed by atoms with Gasteiger partial charge in [0.15, 0.2) is 0 Å². The summed E-state index contributed by atoms with van der Waals surface area (Å²) in [5.41, 5.74) is 2.97. The van der Waals surface area contributed by atoms with E-state index in [1.807, 2.05) is 0 Å². The molecule has 4 nitrogen and oxygen atoms in total. The van der Waals surface area contributed by atoms with Crippen LogP contribution < -0.4 is 10.6 Å². The molecule has 2 unspecified atom stereocenters. The summed E-state index contributed by atoms with van der Waals surface area (Å²) in [4.78, 5) is 15.0. The number of rotatable bonds is 6. The summed E-state index contributed by atoms with van der Waals surface area (Å²) in [7, 11) is 0. The largest absolute Gasteiger partial charge is 0.352 e. The monoisotopic (exact) mass is 429 g/mol. The molecule has 2 atom stereocenters. The summed E-state index contributed by atoms with van der Waals surface area (Å²) in [6.45, 7) is 11.9. The predicted octanol–water partition coefficient (Wildman–Crippen LogP) is 3.81. The van der Waals surface area contributed by atoms with Gasteiger partial charge in [-0.15, -0.1) is 24.8 Å². The highest BCUT2D eigenvalue weighted by atomic mass is 35.5. The molecule has 6 heteroatoms. The third kappa shape index (κ3) is 7.22. The number of halogens is 2. The molecule has 0 radical (unpaired) electrons. The minimum Gasteiger partial charge on any atom is -0.352 e. The van der Waals surface area contributed by atoms with Crippen molar-refractivity contribution in [2.75, 3.05) is 26.2 Å². The van der Waals surface area contributed by atoms with E-state index in [-0.39, 0.29) is 42.2 Å². The number of amides is 1. The first-order valence-corrected chi connectivity index (χ1v) is 10.2. The van der Waals surface area contributed by atoms with Gasteiger partial charge in [0.05, 0.1) is 0 Å². The molecule has 1 amide bonds. The molecule has 3 rings (SSSR count). The van der Waals surface area contributed by atoms with Crippen molar-refractivity contribution in [1.29, 1.82) is 0 Å². The molecule has 1 saturated heterocycles. The van der Waals surface area contributed by atoms with Gasteiger partial charge in [0.2, 0.25) is 5.91 Å². The van der Waals surface area contributed by atoms with E-state index in [4.69, 9.17) is 0 Å². The van der Waals surface area contributed by atoms with Crippen LogP contribution >= 0.6 is 24.8 Å². The molecule has 1 fully saturated rings. The SMILES string of the molecule is CC(C)(C)C(CN1CCc2ccccc2C1)NC(=O)CCC1CCNC1.Cl.Cl. The van der Waals surface area contributed by atoms with Gasteiger partial charge in [-0.2, -0.15) is 0 Å². The Labute approximate surface area is 183 Å². The summed E-state index contributed by atoms with van der Waals surface area (Å²) in [6, 6.07) is 8.92. The van der Waals surface area contributed by atoms with E-state index in [1.165, 1.54) is 17.5 Å². The Morgan fingerprint density at radius 2 is 1.96 bits per heavy atom. The van der Waals surface area contributed by atoms with Gasteiger partial charge in [0, 0.05) is 32.1 Å². The van der Waals surface area contributed by atoms with Crippen LogP contribution in [-0.2, 0) is 17.8 Å². The Bertz CT molecular complexity index is 612. The van der Waals surface area contributed by atoms with Gasteiger partial charge in [0.1, 0.15) is 0 Å². The molecule has 2 heterocycles. The highest BCUT2D eigenvalue weighted by Crippen LogP contribution is 2.24. The predicted molar refractivity (Wildman–Crippen MR) is 122 cm³/mol. The van der Waals surface area contributed by atoms with E-state index in [2.05, 4.69) is 60.6 Å². The quantitative estimate of drug-likeness (QED) is 0.722. The maximum Gasteiger partial charge on any atom is 0.220 e. The number of benzene rings is 1. The lowest BCUT2D eigenvalue weighted by Gasteiger charge is -2.38. The van der Waals surface area contributed by atoms with Gasteiger partial charge in [0.25, 0.3) is 0 Å². The minimum atomic E-state index is 0. The Hall–Kier alpha value is -0.810. The maximum atomic E-state index is 12.5. The van der Waals surface area contributed by atoms with Crippen molar-refractivity contribution in [3.05, 3.63) is 35.4 Å². The molecule has 2 aliphatic rings. The zero-order valence-corrected chi connectivity index (χ0v) is 19.1. The standard InChI is InChI=1S/C22H35N3O.2ClH/c1-22(2,3)20(24-21(26)9-8-17-10-12-23-14-17)16-25-13-11-18-6-4-5-7-19(18)15-25;;/h4-7,17,20,23H,8-16H2,1-3H3,(H,24,26);2*1H. The fourth-order valence-corrected chi connectivity index (χ4v) is 4.07. The summed E-state index contributed by atoms with van der Waals surface area (Å²) in [5, 5.41) is 6.74. The van der Waals surface area contributed by atoms with Gasteiger partial charge in [-0.05, 0) is 54.8 Å². The van der Waals surface area contributed by atoms with Gasteiger partial charge < -0.3 is 10.6 Å². The first kappa shape index (κ1) is 25.2. The molecule has 0 bridgehead atoms. The minimum absolute atomic E-state index is 0. The third-order valence-corrected chi connectivity index (χ3v) is 5.97. The zero-order valence-electron chi connectivity index (χ0n) is 17.5. The Balaban J connectivity index is 0.00000196. The number of carbonyl (C=O) groups excluding carboxylic acids is 1. The Kier molecular flexibility index (Phi) is 10.3. The van der Waals surface area contributed by atoms with Crippen LogP contribution in [0.15, 0.2) is 24.3 Å². The highest BCUT2D eigenvalue weighted by Gasteiger charge is 2.29. The third-order valence-electron chi connectivity index (χ3n) is 5.97. The number of hydrogen-bond acceptors (Lipinski definition) is 3. The summed E-state index contributed by atoms with van der Waals surface area (Å²) in [6.07, 6.45) is 3.98. The van der Waals surface area contributed by atoms with E-state index < -0.39 is 0 Å². The van der Waals surface area contributed by atoms with Crippen molar-refractivity contribution >= 4 is 30.7 Å². The molecule has 0 aromatic heterocycles. The van der Waals surface area contributed by atoms with Gasteiger partial charge in [-0.3, -0.25) is 9.69 Å². The Morgan fingerprint density at radius 1 is 1.25 bits per heavy atom. The average Bonchev–Trinajstić information content (AvgIpc) is 3.12. The summed E-state index contributed by atoms with van der Waals surface area (Å²) < 4.78 is 0. The van der Waals surface area contributed by atoms with Gasteiger partial charge in [-0.25, -0.2) is 0 Å². The molecule has 1 aromatic carbocycles. The van der Waals surface area contributed by atoms with Gasteiger partial charge in [-0.1, -0.05) is 45.0 Å². The van der Waals surface area contributed by atoms with E-state index in [9.17, 15) is 4.79 Å². The maximum absolute atomic E-state index is 12.5. The normalized spacial score (nSPS) is 20.5. The van der Waals surface area contributed by atoms with Crippen molar-refractivity contribution in [1.82, 2.24) is 15.5 Å². The molecular weight excluding hydrogens is 393 g/mol. The average molecular weight is 430 g/mol. The van der Waals surface area contributed by atoms with Crippen molar-refractivity contribution in [3.8, 4) is 0 Å². The fourth-order valence-electron chi connectivity index (χ4n) is 4.07. The molecule has 160 valence electrons. The number of hydrogen-bond donors (Lipinski definition) is 2. The topological polar surface area (TPSA) is 44.4 Å². The van der Waals surface area contributed by atoms with Crippen LogP contribution in [0, 0.1) is 11.3 Å². The second-order valence-corrected chi connectivity index (χ2v) is 9.14. The number of nitrogens with zero attached hydrogens (tertiary/aromatic N) is 1. The fraction of sp³-hybridized carbons (Fsp3) is 0.682. The van der Waals surface area contributed by atoms with Crippen LogP contribution in [0.4, 0.5) is 0 Å². The lowest BCUT2D eigenvalue weighted by atomic mass is 9.85. The zero-order chi connectivity index (χ0) is 18.6. The number of nitrogens with one attached hydrogen (secondary N) is 2. The second kappa shape index (κ2) is 11.4. The number of carbonyl (C=O) groups is 1. The van der Waals surface area contributed by atoms with Crippen LogP contribution in [0.25, 0.3) is 0 Å². The smallest absolute Gasteiger partial charge is 0.220 e. The van der Waals surface area contributed by atoms with E-state index >= 15 is 0 Å². The van der Waals surface area contributed by atoms with Crippen molar-refractivity contribution in [2.24, 2.45) is 11.3 Å². The van der Waals surface area contributed by atoms with E-state index in [1.54, 1.807) is 0 Å². The van der Waals surface area contributed by atoms with Crippen LogP contribution in [0.1, 0.15) is 51.2 Å². The van der Waals surface area contributed by atoms with Gasteiger partial charge >= 0.3 is 0 Å². The van der Waals surface area contributed by atoms with E-state index in [0.29, 0.717) is 12.3 Å². The molecule has 2 N–H and O–H groups in total. The second-order valence-electron chi connectivity index (χ2n) is 9.14. The molecule has 0 saturated carbocycles. The van der Waals surface area contributed by atoms with Crippen LogP contribution in [0.3, 0.4) is 0 Å². The molecule has 28 heavy (non-hydrogen) atoms. The van der Waals surface area contributed by atoms with Crippen molar-refractivity contribution in [3.63, 3.8) is 0 Å². The highest BCUT2D eigenvalue weighted by molar-refractivity contribution is 5.85. The van der Waals surface area contributed by atoms with Crippen molar-refractivity contribution < 1.29 is 4.79 Å². The summed E-state index contributed by atoms with van der Waals surface area (Å²) >= 11 is 0. The molecule has 1 aromatic rings.